The number of phenols is 1. The molecule has 0 spiro atoms. The van der Waals surface area contributed by atoms with Crippen molar-refractivity contribution in [1.82, 2.24) is 10.2 Å². The fourth-order valence-electron chi connectivity index (χ4n) is 2.16. The molecule has 1 aromatic heterocycles. The largest absolute Gasteiger partial charge is 0.508 e. The number of nitrogens with zero attached hydrogens (tertiary/aromatic N) is 1. The lowest BCUT2D eigenvalue weighted by Crippen LogP contribution is -2.05. The van der Waals surface area contributed by atoms with Crippen molar-refractivity contribution in [2.24, 2.45) is 0 Å². The highest BCUT2D eigenvalue weighted by atomic mass is 16.3. The van der Waals surface area contributed by atoms with Crippen molar-refractivity contribution >= 4 is 23.1 Å². The van der Waals surface area contributed by atoms with Gasteiger partial charge in [-0.1, -0.05) is 0 Å². The van der Waals surface area contributed by atoms with E-state index in [1.165, 1.54) is 6.92 Å². The molecule has 2 aromatic carbocycles. The summed E-state index contributed by atoms with van der Waals surface area (Å²) in [7, 11) is 0. The number of carbonyl (C=O) groups is 1. The molecule has 3 rings (SSSR count). The molecule has 0 radical (unpaired) electrons. The Balaban J connectivity index is 1.71. The van der Waals surface area contributed by atoms with Crippen LogP contribution in [0.5, 0.6) is 5.75 Å². The van der Waals surface area contributed by atoms with Gasteiger partial charge in [-0.2, -0.15) is 5.10 Å². The number of carbonyl (C=O) groups excluding carboxylic acids is 1. The number of aromatic hydroxyl groups is 1. The van der Waals surface area contributed by atoms with Crippen LogP contribution in [0.4, 0.5) is 17.2 Å². The van der Waals surface area contributed by atoms with Crippen LogP contribution in [0.1, 0.15) is 6.92 Å². The summed E-state index contributed by atoms with van der Waals surface area (Å²) in [4.78, 5) is 11.0. The lowest BCUT2D eigenvalue weighted by molar-refractivity contribution is -0.114. The number of H-pyrrole nitrogens is 1. The van der Waals surface area contributed by atoms with Crippen LogP contribution in [0.3, 0.4) is 0 Å². The highest BCUT2D eigenvalue weighted by Gasteiger charge is 2.04. The van der Waals surface area contributed by atoms with Crippen LogP contribution in [0.2, 0.25) is 0 Å². The Labute approximate surface area is 133 Å². The minimum Gasteiger partial charge on any atom is -0.508 e. The first-order chi connectivity index (χ1) is 11.1. The van der Waals surface area contributed by atoms with E-state index >= 15 is 0 Å². The Bertz CT molecular complexity index is 807. The molecular weight excluding hydrogens is 292 g/mol. The number of rotatable bonds is 4. The molecule has 0 aliphatic heterocycles. The highest BCUT2D eigenvalue weighted by Crippen LogP contribution is 2.24. The Hall–Kier alpha value is -3.28. The normalized spacial score (nSPS) is 10.3. The van der Waals surface area contributed by atoms with Crippen molar-refractivity contribution in [3.63, 3.8) is 0 Å². The second-order valence-corrected chi connectivity index (χ2v) is 5.10. The van der Waals surface area contributed by atoms with Crippen LogP contribution in [-0.4, -0.2) is 21.2 Å². The predicted octanol–water partition coefficient (Wildman–Crippen LogP) is 3.48. The van der Waals surface area contributed by atoms with E-state index in [-0.39, 0.29) is 11.7 Å². The molecule has 116 valence electrons. The van der Waals surface area contributed by atoms with E-state index in [0.717, 1.165) is 22.6 Å². The Morgan fingerprint density at radius 2 is 1.70 bits per heavy atom. The molecule has 1 heterocycles. The van der Waals surface area contributed by atoms with Gasteiger partial charge in [0.15, 0.2) is 5.82 Å². The summed E-state index contributed by atoms with van der Waals surface area (Å²) in [5, 5.41) is 22.4. The summed E-state index contributed by atoms with van der Waals surface area (Å²) >= 11 is 0. The van der Waals surface area contributed by atoms with Gasteiger partial charge in [0.25, 0.3) is 0 Å². The molecule has 0 bridgehead atoms. The maximum atomic E-state index is 11.0. The standard InChI is InChI=1S/C17H16N4O2/c1-11(22)18-13-4-6-14(7-5-13)19-17-10-16(20-21-17)12-2-8-15(23)9-3-12/h2-10,23H,1H3,(H,18,22)(H2,19,20,21). The molecule has 0 saturated heterocycles. The van der Waals surface area contributed by atoms with E-state index in [9.17, 15) is 9.90 Å². The van der Waals surface area contributed by atoms with E-state index in [2.05, 4.69) is 20.8 Å². The number of amides is 1. The molecule has 23 heavy (non-hydrogen) atoms. The fourth-order valence-corrected chi connectivity index (χ4v) is 2.16. The van der Waals surface area contributed by atoms with Crippen molar-refractivity contribution in [3.05, 3.63) is 54.6 Å². The molecule has 0 aliphatic carbocycles. The fraction of sp³-hybridized carbons (Fsp3) is 0.0588. The summed E-state index contributed by atoms with van der Waals surface area (Å²) in [5.74, 6) is 0.808. The summed E-state index contributed by atoms with van der Waals surface area (Å²) in [5.41, 5.74) is 3.39. The van der Waals surface area contributed by atoms with E-state index in [1.54, 1.807) is 12.1 Å². The number of anilines is 3. The third-order valence-electron chi connectivity index (χ3n) is 3.23. The van der Waals surface area contributed by atoms with Gasteiger partial charge in [0.1, 0.15) is 5.75 Å². The second-order valence-electron chi connectivity index (χ2n) is 5.10. The zero-order chi connectivity index (χ0) is 16.2. The number of phenolic OH excluding ortho intramolecular Hbond substituents is 1. The Morgan fingerprint density at radius 3 is 2.35 bits per heavy atom. The molecule has 0 aliphatic rings. The van der Waals surface area contributed by atoms with E-state index in [0.29, 0.717) is 5.82 Å². The lowest BCUT2D eigenvalue weighted by Gasteiger charge is -2.05. The molecule has 0 fully saturated rings. The number of aromatic amines is 1. The quantitative estimate of drug-likeness (QED) is 0.594. The smallest absolute Gasteiger partial charge is 0.221 e. The third kappa shape index (κ3) is 3.68. The summed E-state index contributed by atoms with van der Waals surface area (Å²) in [6, 6.07) is 16.1. The number of hydrogen-bond donors (Lipinski definition) is 4. The minimum absolute atomic E-state index is 0.100. The zero-order valence-electron chi connectivity index (χ0n) is 12.5. The topological polar surface area (TPSA) is 90.0 Å². The van der Waals surface area contributed by atoms with Crippen LogP contribution in [0, 0.1) is 0 Å². The van der Waals surface area contributed by atoms with Gasteiger partial charge in [0.05, 0.1) is 5.69 Å². The monoisotopic (exact) mass is 308 g/mol. The van der Waals surface area contributed by atoms with Gasteiger partial charge in [-0.3, -0.25) is 9.89 Å². The average Bonchev–Trinajstić information content (AvgIpc) is 2.98. The predicted molar refractivity (Wildman–Crippen MR) is 89.7 cm³/mol. The molecule has 6 nitrogen and oxygen atoms in total. The maximum absolute atomic E-state index is 11.0. The third-order valence-corrected chi connectivity index (χ3v) is 3.23. The van der Waals surface area contributed by atoms with Gasteiger partial charge in [-0.25, -0.2) is 0 Å². The Kier molecular flexibility index (Phi) is 3.97. The number of hydrogen-bond acceptors (Lipinski definition) is 4. The SMILES string of the molecule is CC(=O)Nc1ccc(Nc2cc(-c3ccc(O)cc3)[nH]n2)cc1. The molecular formula is C17H16N4O2. The molecule has 0 saturated carbocycles. The highest BCUT2D eigenvalue weighted by molar-refractivity contribution is 5.88. The van der Waals surface area contributed by atoms with E-state index in [4.69, 9.17) is 0 Å². The first-order valence-corrected chi connectivity index (χ1v) is 7.10. The summed E-state index contributed by atoms with van der Waals surface area (Å²) < 4.78 is 0. The van der Waals surface area contributed by atoms with Crippen LogP contribution >= 0.6 is 0 Å². The van der Waals surface area contributed by atoms with Gasteiger partial charge in [0.2, 0.25) is 5.91 Å². The minimum atomic E-state index is -0.100. The summed E-state index contributed by atoms with van der Waals surface area (Å²) in [6.45, 7) is 1.47. The van der Waals surface area contributed by atoms with Crippen LogP contribution in [0.15, 0.2) is 54.6 Å². The Morgan fingerprint density at radius 1 is 1.04 bits per heavy atom. The summed E-state index contributed by atoms with van der Waals surface area (Å²) in [6.07, 6.45) is 0. The first-order valence-electron chi connectivity index (χ1n) is 7.10. The van der Waals surface area contributed by atoms with Gasteiger partial charge >= 0.3 is 0 Å². The first kappa shape index (κ1) is 14.6. The van der Waals surface area contributed by atoms with Crippen LogP contribution < -0.4 is 10.6 Å². The van der Waals surface area contributed by atoms with Crippen molar-refractivity contribution in [2.45, 2.75) is 6.92 Å². The second kappa shape index (κ2) is 6.23. The maximum Gasteiger partial charge on any atom is 0.221 e. The molecule has 4 N–H and O–H groups in total. The van der Waals surface area contributed by atoms with Gasteiger partial charge in [-0.05, 0) is 54.1 Å². The molecule has 3 aromatic rings. The number of aromatic nitrogens is 2. The van der Waals surface area contributed by atoms with Crippen molar-refractivity contribution in [2.75, 3.05) is 10.6 Å². The van der Waals surface area contributed by atoms with Gasteiger partial charge in [-0.15, -0.1) is 0 Å². The van der Waals surface area contributed by atoms with Gasteiger partial charge in [0, 0.05) is 24.4 Å². The number of benzene rings is 2. The van der Waals surface area contributed by atoms with Crippen LogP contribution in [-0.2, 0) is 4.79 Å². The molecule has 6 heteroatoms. The zero-order valence-corrected chi connectivity index (χ0v) is 12.5. The van der Waals surface area contributed by atoms with E-state index < -0.39 is 0 Å². The number of nitrogens with one attached hydrogen (secondary N) is 3. The molecule has 0 atom stereocenters. The average molecular weight is 308 g/mol. The molecule has 0 unspecified atom stereocenters. The van der Waals surface area contributed by atoms with Gasteiger partial charge < -0.3 is 15.7 Å². The van der Waals surface area contributed by atoms with Crippen LogP contribution in [0.25, 0.3) is 11.3 Å². The molecule has 1 amide bonds. The van der Waals surface area contributed by atoms with Crippen molar-refractivity contribution in [1.29, 1.82) is 0 Å². The lowest BCUT2D eigenvalue weighted by atomic mass is 10.1. The van der Waals surface area contributed by atoms with Crippen molar-refractivity contribution < 1.29 is 9.90 Å². The van der Waals surface area contributed by atoms with E-state index in [1.807, 2.05) is 42.5 Å². The van der Waals surface area contributed by atoms with Crippen molar-refractivity contribution in [3.8, 4) is 17.0 Å².